The van der Waals surface area contributed by atoms with E-state index in [1.165, 1.54) is 12.1 Å². The lowest BCUT2D eigenvalue weighted by Crippen LogP contribution is -2.07. The van der Waals surface area contributed by atoms with Gasteiger partial charge in [0.05, 0.1) is 9.79 Å². The van der Waals surface area contributed by atoms with Gasteiger partial charge in [0.15, 0.2) is 10.1 Å². The summed E-state index contributed by atoms with van der Waals surface area (Å²) < 4.78 is 41.5. The Labute approximate surface area is 142 Å². The first-order chi connectivity index (χ1) is 11.4. The monoisotopic (exact) mass is 364 g/mol. The van der Waals surface area contributed by atoms with Crippen LogP contribution in [-0.2, 0) is 0 Å². The van der Waals surface area contributed by atoms with E-state index in [4.69, 9.17) is 0 Å². The highest BCUT2D eigenvalue weighted by Crippen LogP contribution is 2.57. The number of hydrogen-bond donors (Lipinski definition) is 4. The number of aromatic nitrogens is 2. The van der Waals surface area contributed by atoms with Gasteiger partial charge in [-0.05, 0) is 36.4 Å². The predicted molar refractivity (Wildman–Crippen MR) is 93.7 cm³/mol. The highest BCUT2D eigenvalue weighted by Gasteiger charge is 2.24. The van der Waals surface area contributed by atoms with Crippen molar-refractivity contribution in [3.8, 4) is 0 Å². The molecule has 3 rings (SSSR count). The van der Waals surface area contributed by atoms with Crippen LogP contribution in [0.2, 0.25) is 0 Å². The van der Waals surface area contributed by atoms with Gasteiger partial charge in [-0.15, -0.1) is 31.4 Å². The minimum Gasteiger partial charge on any atom is -0.289 e. The summed E-state index contributed by atoms with van der Waals surface area (Å²) in [5.74, 6) is 0. The molecule has 3 aromatic rings. The smallest absolute Gasteiger partial charge is 0.174 e. The van der Waals surface area contributed by atoms with Crippen molar-refractivity contribution in [3.63, 3.8) is 0 Å². The van der Waals surface area contributed by atoms with Crippen LogP contribution in [0.5, 0.6) is 0 Å². The van der Waals surface area contributed by atoms with Crippen molar-refractivity contribution in [2.45, 2.75) is 19.8 Å². The van der Waals surface area contributed by atoms with Gasteiger partial charge >= 0.3 is 0 Å². The molecule has 6 nitrogen and oxygen atoms in total. The van der Waals surface area contributed by atoms with Crippen LogP contribution in [-0.4, -0.2) is 28.4 Å². The number of benzene rings is 2. The van der Waals surface area contributed by atoms with Crippen molar-refractivity contribution in [2.24, 2.45) is 0 Å². The highest BCUT2D eigenvalue weighted by atomic mass is 32.3. The van der Waals surface area contributed by atoms with Crippen LogP contribution in [0.4, 0.5) is 0 Å². The summed E-state index contributed by atoms with van der Waals surface area (Å²) in [6.45, 7) is 0. The average molecular weight is 364 g/mol. The van der Waals surface area contributed by atoms with Crippen molar-refractivity contribution in [1.82, 2.24) is 10.2 Å². The Kier molecular flexibility index (Phi) is 4.59. The zero-order valence-corrected chi connectivity index (χ0v) is 14.1. The third-order valence-electron chi connectivity index (χ3n) is 3.34. The molecule has 4 N–H and O–H groups in total. The fraction of sp³-hybridized carbons (Fsp3) is 0. The number of hydrogen-bond acceptors (Lipinski definition) is 6. The molecule has 0 atom stereocenters. The molecule has 0 bridgehead atoms. The van der Waals surface area contributed by atoms with E-state index >= 15 is 0 Å². The first-order valence-electron chi connectivity index (χ1n) is 6.93. The third-order valence-corrected chi connectivity index (χ3v) is 6.80. The third kappa shape index (κ3) is 3.16. The van der Waals surface area contributed by atoms with E-state index in [-0.39, 0.29) is 10.1 Å². The largest absolute Gasteiger partial charge is 0.289 e. The second kappa shape index (κ2) is 6.52. The number of nitrogens with zero attached hydrogens (tertiary/aromatic N) is 2. The Morgan fingerprint density at radius 2 is 0.833 bits per heavy atom. The SMILES string of the molecule is OS(O)(c1ccccc1)c1ccc(S(O)(O)c2ccccc2)nn1. The number of rotatable bonds is 4. The summed E-state index contributed by atoms with van der Waals surface area (Å²) in [6, 6.07) is 19.3. The van der Waals surface area contributed by atoms with Gasteiger partial charge in [0.1, 0.15) is 0 Å². The lowest BCUT2D eigenvalue weighted by Gasteiger charge is -2.33. The summed E-state index contributed by atoms with van der Waals surface area (Å²) in [4.78, 5) is 0.642. The topological polar surface area (TPSA) is 107 Å². The second-order valence-electron chi connectivity index (χ2n) is 4.93. The Morgan fingerprint density at radius 1 is 0.500 bits per heavy atom. The van der Waals surface area contributed by atoms with Crippen molar-refractivity contribution in [1.29, 1.82) is 0 Å². The quantitative estimate of drug-likeness (QED) is 0.529. The normalized spacial score (nSPS) is 13.5. The van der Waals surface area contributed by atoms with E-state index in [1.807, 2.05) is 0 Å². The van der Waals surface area contributed by atoms with Crippen LogP contribution < -0.4 is 0 Å². The van der Waals surface area contributed by atoms with Gasteiger partial charge in [-0.1, -0.05) is 36.4 Å². The lowest BCUT2D eigenvalue weighted by atomic mass is 10.4. The van der Waals surface area contributed by atoms with Crippen LogP contribution in [0, 0.1) is 0 Å². The van der Waals surface area contributed by atoms with Crippen LogP contribution >= 0.6 is 21.2 Å². The van der Waals surface area contributed by atoms with Gasteiger partial charge in [0.2, 0.25) is 0 Å². The first kappa shape index (κ1) is 16.9. The maximum Gasteiger partial charge on any atom is 0.174 e. The molecule has 0 amide bonds. The molecule has 0 aliphatic carbocycles. The fourth-order valence-electron chi connectivity index (χ4n) is 2.07. The van der Waals surface area contributed by atoms with Crippen molar-refractivity contribution in [3.05, 3.63) is 72.8 Å². The molecule has 0 fully saturated rings. The molecule has 0 aliphatic rings. The Bertz CT molecular complexity index is 742. The van der Waals surface area contributed by atoms with E-state index in [0.717, 1.165) is 0 Å². The van der Waals surface area contributed by atoms with Gasteiger partial charge in [0.25, 0.3) is 0 Å². The summed E-state index contributed by atoms with van der Waals surface area (Å²) in [6.07, 6.45) is 0. The van der Waals surface area contributed by atoms with Crippen LogP contribution in [0.15, 0.2) is 92.6 Å². The van der Waals surface area contributed by atoms with Crippen molar-refractivity contribution in [2.75, 3.05) is 0 Å². The van der Waals surface area contributed by atoms with E-state index in [1.54, 1.807) is 60.7 Å². The molecule has 0 saturated carbocycles. The minimum atomic E-state index is -3.29. The van der Waals surface area contributed by atoms with Crippen LogP contribution in [0.3, 0.4) is 0 Å². The molecular weight excluding hydrogens is 348 g/mol. The molecule has 2 aromatic carbocycles. The Morgan fingerprint density at radius 3 is 1.12 bits per heavy atom. The second-order valence-corrected chi connectivity index (χ2v) is 8.91. The van der Waals surface area contributed by atoms with Gasteiger partial charge < -0.3 is 0 Å². The zero-order valence-electron chi connectivity index (χ0n) is 12.4. The highest BCUT2D eigenvalue weighted by molar-refractivity contribution is 8.24. The maximum atomic E-state index is 10.4. The van der Waals surface area contributed by atoms with Gasteiger partial charge in [0, 0.05) is 0 Å². The predicted octanol–water partition coefficient (Wildman–Crippen LogP) is 4.81. The molecule has 0 aliphatic heterocycles. The molecular formula is C16H16N2O4S2. The molecule has 1 heterocycles. The lowest BCUT2D eigenvalue weighted by molar-refractivity contribution is 0.470. The molecule has 0 spiro atoms. The summed E-state index contributed by atoms with van der Waals surface area (Å²) >= 11 is 0. The summed E-state index contributed by atoms with van der Waals surface area (Å²) in [7, 11) is -6.59. The molecule has 24 heavy (non-hydrogen) atoms. The zero-order chi connectivity index (χ0) is 17.2. The van der Waals surface area contributed by atoms with Crippen molar-refractivity contribution >= 4 is 21.2 Å². The molecule has 126 valence electrons. The molecule has 0 unspecified atom stereocenters. The summed E-state index contributed by atoms with van der Waals surface area (Å²) in [5.41, 5.74) is 0. The molecule has 0 radical (unpaired) electrons. The van der Waals surface area contributed by atoms with E-state index < -0.39 is 21.2 Å². The minimum absolute atomic E-state index is 0.0271. The van der Waals surface area contributed by atoms with Gasteiger partial charge in [-0.25, -0.2) is 0 Å². The van der Waals surface area contributed by atoms with Crippen molar-refractivity contribution < 1.29 is 18.2 Å². The Hall–Kier alpha value is -1.94. The summed E-state index contributed by atoms with van der Waals surface area (Å²) in [5, 5.41) is 7.56. The molecule has 8 heteroatoms. The van der Waals surface area contributed by atoms with Gasteiger partial charge in [-0.2, -0.15) is 0 Å². The maximum absolute atomic E-state index is 10.4. The fourth-order valence-corrected chi connectivity index (χ4v) is 4.45. The molecule has 0 saturated heterocycles. The van der Waals surface area contributed by atoms with Gasteiger partial charge in [-0.3, -0.25) is 18.2 Å². The van der Waals surface area contributed by atoms with E-state index in [2.05, 4.69) is 10.2 Å². The Balaban J connectivity index is 1.94. The first-order valence-corrected chi connectivity index (χ1v) is 10.0. The van der Waals surface area contributed by atoms with E-state index in [9.17, 15) is 18.2 Å². The van der Waals surface area contributed by atoms with Crippen LogP contribution in [0.1, 0.15) is 0 Å². The standard InChI is InChI=1S/C16H16N2O4S2/c19-23(20,13-7-3-1-4-8-13)15-11-12-16(18-17-15)24(21,22)14-9-5-2-6-10-14/h1-12,19-22H. The molecule has 1 aromatic heterocycles. The van der Waals surface area contributed by atoms with E-state index in [0.29, 0.717) is 9.79 Å². The average Bonchev–Trinajstić information content (AvgIpc) is 2.63. The van der Waals surface area contributed by atoms with Crippen LogP contribution in [0.25, 0.3) is 0 Å².